The van der Waals surface area contributed by atoms with E-state index in [4.69, 9.17) is 5.11 Å². The lowest BCUT2D eigenvalue weighted by Crippen LogP contribution is -2.18. The fraction of sp³-hybridized carbons (Fsp3) is 0.600. The van der Waals surface area contributed by atoms with Crippen LogP contribution in [0, 0.1) is 0 Å². The first-order valence-electron chi connectivity index (χ1n) is 6.79. The molecule has 0 heterocycles. The number of nitrogens with zero attached hydrogens (tertiary/aromatic N) is 1. The minimum absolute atomic E-state index is 0.285. The predicted molar refractivity (Wildman–Crippen MR) is 75.9 cm³/mol. The van der Waals surface area contributed by atoms with Crippen LogP contribution in [0.1, 0.15) is 44.3 Å². The average Bonchev–Trinajstić information content (AvgIpc) is 2.42. The molecule has 102 valence electrons. The summed E-state index contributed by atoms with van der Waals surface area (Å²) in [6, 6.07) is 8.10. The Morgan fingerprint density at radius 3 is 2.33 bits per heavy atom. The molecule has 1 rings (SSSR count). The highest BCUT2D eigenvalue weighted by atomic mass is 16.3. The number of aliphatic hydroxyl groups excluding tert-OH is 2. The maximum Gasteiger partial charge on any atom is 0.0787 e. The van der Waals surface area contributed by atoms with Crippen molar-refractivity contribution < 1.29 is 10.2 Å². The number of benzene rings is 1. The first kappa shape index (κ1) is 15.0. The Balaban J connectivity index is 2.46. The molecule has 0 aliphatic carbocycles. The van der Waals surface area contributed by atoms with E-state index in [1.54, 1.807) is 0 Å². The van der Waals surface area contributed by atoms with Gasteiger partial charge in [0, 0.05) is 25.9 Å². The van der Waals surface area contributed by atoms with Crippen LogP contribution >= 0.6 is 0 Å². The summed E-state index contributed by atoms with van der Waals surface area (Å²) < 4.78 is 0. The normalized spacial score (nSPS) is 12.4. The standard InChI is InChI=1S/C15H25NO2/c1-3-15(18)13-7-9-14(10-8-13)16(2)11-5-4-6-12-17/h7-10,15,17-18H,3-6,11-12H2,1-2H3/t15-/m1/s1. The Bertz CT molecular complexity index is 324. The first-order chi connectivity index (χ1) is 8.69. The number of hydrogen-bond acceptors (Lipinski definition) is 3. The van der Waals surface area contributed by atoms with E-state index in [1.807, 2.05) is 19.1 Å². The summed E-state index contributed by atoms with van der Waals surface area (Å²) in [4.78, 5) is 2.21. The van der Waals surface area contributed by atoms with Crippen LogP contribution in [0.3, 0.4) is 0 Å². The molecule has 0 aromatic heterocycles. The maximum atomic E-state index is 9.72. The molecular formula is C15H25NO2. The fourth-order valence-corrected chi connectivity index (χ4v) is 1.95. The second-order valence-electron chi connectivity index (χ2n) is 4.72. The molecule has 18 heavy (non-hydrogen) atoms. The molecule has 0 saturated heterocycles. The third-order valence-corrected chi connectivity index (χ3v) is 3.26. The molecule has 0 bridgehead atoms. The SMILES string of the molecule is CC[C@@H](O)c1ccc(N(C)CCCCCO)cc1. The van der Waals surface area contributed by atoms with Crippen LogP contribution in [0.2, 0.25) is 0 Å². The number of rotatable bonds is 8. The molecule has 0 saturated carbocycles. The molecule has 3 heteroatoms. The Kier molecular flexibility index (Phi) is 6.76. The predicted octanol–water partition coefficient (Wildman–Crippen LogP) is 2.73. The van der Waals surface area contributed by atoms with Gasteiger partial charge in [-0.2, -0.15) is 0 Å². The molecule has 0 amide bonds. The summed E-state index contributed by atoms with van der Waals surface area (Å²) in [6.45, 7) is 3.26. The largest absolute Gasteiger partial charge is 0.396 e. The van der Waals surface area contributed by atoms with Crippen molar-refractivity contribution in [2.45, 2.75) is 38.7 Å². The summed E-state index contributed by atoms with van der Waals surface area (Å²) in [5, 5.41) is 18.4. The Morgan fingerprint density at radius 2 is 1.78 bits per heavy atom. The van der Waals surface area contributed by atoms with Gasteiger partial charge in [-0.05, 0) is 43.4 Å². The fourth-order valence-electron chi connectivity index (χ4n) is 1.95. The zero-order valence-corrected chi connectivity index (χ0v) is 11.5. The van der Waals surface area contributed by atoms with Crippen molar-refractivity contribution in [3.63, 3.8) is 0 Å². The zero-order chi connectivity index (χ0) is 13.4. The molecular weight excluding hydrogens is 226 g/mol. The monoisotopic (exact) mass is 251 g/mol. The summed E-state index contributed by atoms with van der Waals surface area (Å²) >= 11 is 0. The lowest BCUT2D eigenvalue weighted by molar-refractivity contribution is 0.173. The van der Waals surface area contributed by atoms with E-state index < -0.39 is 0 Å². The third-order valence-electron chi connectivity index (χ3n) is 3.26. The van der Waals surface area contributed by atoms with E-state index >= 15 is 0 Å². The highest BCUT2D eigenvalue weighted by Gasteiger charge is 2.05. The summed E-state index contributed by atoms with van der Waals surface area (Å²) in [6.07, 6.45) is 3.43. The van der Waals surface area contributed by atoms with Crippen LogP contribution in [0.5, 0.6) is 0 Å². The Hall–Kier alpha value is -1.06. The smallest absolute Gasteiger partial charge is 0.0787 e. The molecule has 0 aliphatic heterocycles. The second-order valence-corrected chi connectivity index (χ2v) is 4.72. The van der Waals surface area contributed by atoms with Crippen LogP contribution in [0.4, 0.5) is 5.69 Å². The van der Waals surface area contributed by atoms with E-state index in [2.05, 4.69) is 24.1 Å². The van der Waals surface area contributed by atoms with Gasteiger partial charge < -0.3 is 15.1 Å². The zero-order valence-electron chi connectivity index (χ0n) is 11.5. The highest BCUT2D eigenvalue weighted by Crippen LogP contribution is 2.20. The quantitative estimate of drug-likeness (QED) is 0.698. The van der Waals surface area contributed by atoms with Gasteiger partial charge in [0.05, 0.1) is 6.10 Å². The second kappa shape index (κ2) is 8.11. The number of unbranched alkanes of at least 4 members (excludes halogenated alkanes) is 2. The van der Waals surface area contributed by atoms with Crippen molar-refractivity contribution in [3.8, 4) is 0 Å². The van der Waals surface area contributed by atoms with Gasteiger partial charge in [-0.15, -0.1) is 0 Å². The number of hydrogen-bond donors (Lipinski definition) is 2. The molecule has 1 aromatic carbocycles. The van der Waals surface area contributed by atoms with Crippen LogP contribution in [0.25, 0.3) is 0 Å². The van der Waals surface area contributed by atoms with Crippen LogP contribution in [-0.2, 0) is 0 Å². The van der Waals surface area contributed by atoms with Gasteiger partial charge in [0.1, 0.15) is 0 Å². The summed E-state index contributed by atoms with van der Waals surface area (Å²) in [5.74, 6) is 0. The molecule has 0 radical (unpaired) electrons. The van der Waals surface area contributed by atoms with Crippen molar-refractivity contribution in [1.82, 2.24) is 0 Å². The molecule has 1 atom stereocenters. The molecule has 1 aromatic rings. The van der Waals surface area contributed by atoms with Crippen molar-refractivity contribution in [2.24, 2.45) is 0 Å². The number of aliphatic hydroxyl groups is 2. The van der Waals surface area contributed by atoms with Crippen LogP contribution < -0.4 is 4.90 Å². The lowest BCUT2D eigenvalue weighted by Gasteiger charge is -2.20. The lowest BCUT2D eigenvalue weighted by atomic mass is 10.1. The van der Waals surface area contributed by atoms with E-state index in [0.717, 1.165) is 37.8 Å². The van der Waals surface area contributed by atoms with Crippen molar-refractivity contribution in [1.29, 1.82) is 0 Å². The van der Waals surface area contributed by atoms with E-state index in [-0.39, 0.29) is 12.7 Å². The molecule has 0 fully saturated rings. The van der Waals surface area contributed by atoms with Gasteiger partial charge in [-0.25, -0.2) is 0 Å². The Labute approximate surface area is 110 Å². The third kappa shape index (κ3) is 4.67. The molecule has 0 aliphatic rings. The molecule has 0 spiro atoms. The van der Waals surface area contributed by atoms with Crippen molar-refractivity contribution >= 4 is 5.69 Å². The summed E-state index contributed by atoms with van der Waals surface area (Å²) in [5.41, 5.74) is 2.15. The van der Waals surface area contributed by atoms with Gasteiger partial charge in [0.15, 0.2) is 0 Å². The van der Waals surface area contributed by atoms with Gasteiger partial charge in [-0.3, -0.25) is 0 Å². The van der Waals surface area contributed by atoms with Crippen molar-refractivity contribution in [3.05, 3.63) is 29.8 Å². The van der Waals surface area contributed by atoms with Crippen LogP contribution in [0.15, 0.2) is 24.3 Å². The van der Waals surface area contributed by atoms with E-state index in [0.29, 0.717) is 0 Å². The first-order valence-corrected chi connectivity index (χ1v) is 6.79. The Morgan fingerprint density at radius 1 is 1.11 bits per heavy atom. The molecule has 0 unspecified atom stereocenters. The van der Waals surface area contributed by atoms with Gasteiger partial charge in [0.2, 0.25) is 0 Å². The number of anilines is 1. The van der Waals surface area contributed by atoms with Gasteiger partial charge in [-0.1, -0.05) is 19.1 Å². The van der Waals surface area contributed by atoms with Gasteiger partial charge in [0.25, 0.3) is 0 Å². The maximum absolute atomic E-state index is 9.72. The van der Waals surface area contributed by atoms with Gasteiger partial charge >= 0.3 is 0 Å². The van der Waals surface area contributed by atoms with Crippen molar-refractivity contribution in [2.75, 3.05) is 25.1 Å². The van der Waals surface area contributed by atoms with E-state index in [9.17, 15) is 5.11 Å². The molecule has 2 N–H and O–H groups in total. The van der Waals surface area contributed by atoms with E-state index in [1.165, 1.54) is 5.69 Å². The molecule has 3 nitrogen and oxygen atoms in total. The van der Waals surface area contributed by atoms with Crippen LogP contribution in [-0.4, -0.2) is 30.4 Å². The average molecular weight is 251 g/mol. The minimum Gasteiger partial charge on any atom is -0.396 e. The summed E-state index contributed by atoms with van der Waals surface area (Å²) in [7, 11) is 2.07. The highest BCUT2D eigenvalue weighted by molar-refractivity contribution is 5.47. The topological polar surface area (TPSA) is 43.7 Å². The minimum atomic E-state index is -0.353.